The lowest BCUT2D eigenvalue weighted by Gasteiger charge is -2.23. The first-order valence-corrected chi connectivity index (χ1v) is 14.2. The zero-order chi connectivity index (χ0) is 28.2. The highest BCUT2D eigenvalue weighted by atomic mass is 32.1. The minimum Gasteiger partial charge on any atom is -0.466 e. The largest absolute Gasteiger partial charge is 0.466 e. The molecule has 3 aromatic carbocycles. The van der Waals surface area contributed by atoms with Crippen LogP contribution in [0.4, 0.5) is 4.79 Å². The van der Waals surface area contributed by atoms with Gasteiger partial charge in [-0.3, -0.25) is 9.69 Å². The number of carbonyl (C=O) groups excluding carboxylic acids is 2. The number of cyclic esters (lactones) is 1. The van der Waals surface area contributed by atoms with Gasteiger partial charge < -0.3 is 14.2 Å². The van der Waals surface area contributed by atoms with E-state index in [1.807, 2.05) is 87.5 Å². The summed E-state index contributed by atoms with van der Waals surface area (Å²) in [5.74, 6) is 0.938. The first-order chi connectivity index (χ1) is 19.3. The van der Waals surface area contributed by atoms with E-state index in [1.165, 1.54) is 0 Å². The van der Waals surface area contributed by atoms with Gasteiger partial charge in [0.1, 0.15) is 17.6 Å². The van der Waals surface area contributed by atoms with Crippen molar-refractivity contribution in [1.82, 2.24) is 9.88 Å². The summed E-state index contributed by atoms with van der Waals surface area (Å²) in [6.45, 7) is 8.44. The summed E-state index contributed by atoms with van der Waals surface area (Å²) >= 11 is 1.64. The van der Waals surface area contributed by atoms with E-state index in [4.69, 9.17) is 14.2 Å². The zero-order valence-electron chi connectivity index (χ0n) is 23.0. The second-order valence-corrected chi connectivity index (χ2v) is 11.0. The van der Waals surface area contributed by atoms with Crippen molar-refractivity contribution in [3.63, 3.8) is 0 Å². The Morgan fingerprint density at radius 2 is 1.85 bits per heavy atom. The Hall–Kier alpha value is -4.17. The van der Waals surface area contributed by atoms with Crippen LogP contribution in [0.15, 0.2) is 72.8 Å². The molecule has 206 valence electrons. The van der Waals surface area contributed by atoms with Crippen LogP contribution < -0.4 is 4.74 Å². The van der Waals surface area contributed by atoms with Gasteiger partial charge in [-0.2, -0.15) is 0 Å². The Morgan fingerprint density at radius 3 is 2.58 bits per heavy atom. The van der Waals surface area contributed by atoms with Gasteiger partial charge >= 0.3 is 12.1 Å². The Kier molecular flexibility index (Phi) is 8.16. The topological polar surface area (TPSA) is 78.0 Å². The molecule has 1 aliphatic heterocycles. The Balaban J connectivity index is 1.46. The van der Waals surface area contributed by atoms with Gasteiger partial charge in [-0.15, -0.1) is 11.3 Å². The van der Waals surface area contributed by atoms with Crippen LogP contribution in [0.25, 0.3) is 10.4 Å². The SMILES string of the molecule is CCOC(=O)Cc1cccc(Oc2ccc(-c3sc(C)nc3C)cc2CN2C(=O)O[C@H](c3ccccc3)[C@@H]2C)c1. The van der Waals surface area contributed by atoms with E-state index in [-0.39, 0.29) is 30.6 Å². The number of benzene rings is 3. The highest BCUT2D eigenvalue weighted by Gasteiger charge is 2.40. The smallest absolute Gasteiger partial charge is 0.411 e. The third kappa shape index (κ3) is 6.02. The zero-order valence-corrected chi connectivity index (χ0v) is 23.9. The standard InChI is InChI=1S/C32H32N2O5S/c1-5-37-29(35)17-23-10-9-13-27(16-23)38-28-15-14-25(31-20(2)33-22(4)40-31)18-26(28)19-34-21(3)30(39-32(34)36)24-11-7-6-8-12-24/h6-16,18,21,30H,5,17,19H2,1-4H3/t21-,30-/m0/s1. The highest BCUT2D eigenvalue weighted by molar-refractivity contribution is 7.15. The molecule has 8 heteroatoms. The number of nitrogens with zero attached hydrogens (tertiary/aromatic N) is 2. The van der Waals surface area contributed by atoms with E-state index in [1.54, 1.807) is 23.2 Å². The molecule has 1 aliphatic rings. The van der Waals surface area contributed by atoms with Gasteiger partial charge in [0.05, 0.1) is 41.2 Å². The van der Waals surface area contributed by atoms with E-state index in [0.717, 1.165) is 37.8 Å². The third-order valence-electron chi connectivity index (χ3n) is 6.87. The molecule has 1 fully saturated rings. The minimum atomic E-state index is -0.362. The van der Waals surface area contributed by atoms with Crippen molar-refractivity contribution < 1.29 is 23.8 Å². The van der Waals surface area contributed by atoms with Gasteiger partial charge in [0, 0.05) is 5.56 Å². The highest BCUT2D eigenvalue weighted by Crippen LogP contribution is 2.38. The Bertz CT molecular complexity index is 1520. The van der Waals surface area contributed by atoms with Crippen molar-refractivity contribution in [3.05, 3.63) is 100 Å². The number of aryl methyl sites for hydroxylation is 2. The number of ether oxygens (including phenoxy) is 3. The van der Waals surface area contributed by atoms with Crippen LogP contribution in [-0.2, 0) is 27.2 Å². The number of esters is 1. The van der Waals surface area contributed by atoms with Crippen molar-refractivity contribution in [1.29, 1.82) is 0 Å². The number of aromatic nitrogens is 1. The average molecular weight is 557 g/mol. The van der Waals surface area contributed by atoms with E-state index in [9.17, 15) is 9.59 Å². The van der Waals surface area contributed by atoms with Crippen LogP contribution in [0.1, 0.15) is 47.3 Å². The number of carbonyl (C=O) groups is 2. The molecular formula is C32H32N2O5S. The molecule has 0 saturated carbocycles. The molecule has 5 rings (SSSR count). The Labute approximate surface area is 238 Å². The number of amides is 1. The maximum atomic E-state index is 13.1. The van der Waals surface area contributed by atoms with E-state index >= 15 is 0 Å². The fourth-order valence-corrected chi connectivity index (χ4v) is 5.87. The van der Waals surface area contributed by atoms with E-state index < -0.39 is 0 Å². The maximum Gasteiger partial charge on any atom is 0.411 e. The molecule has 0 N–H and O–H groups in total. The van der Waals surface area contributed by atoms with Gasteiger partial charge in [-0.1, -0.05) is 42.5 Å². The summed E-state index contributed by atoms with van der Waals surface area (Å²) in [6, 6.07) is 23.0. The summed E-state index contributed by atoms with van der Waals surface area (Å²) < 4.78 is 17.3. The first kappa shape index (κ1) is 27.4. The molecule has 2 heterocycles. The second-order valence-electron chi connectivity index (χ2n) is 9.78. The summed E-state index contributed by atoms with van der Waals surface area (Å²) in [5.41, 5.74) is 4.59. The van der Waals surface area contributed by atoms with Gasteiger partial charge in [0.25, 0.3) is 0 Å². The van der Waals surface area contributed by atoms with Crippen LogP contribution >= 0.6 is 11.3 Å². The lowest BCUT2D eigenvalue weighted by molar-refractivity contribution is -0.142. The van der Waals surface area contributed by atoms with E-state index in [2.05, 4.69) is 11.1 Å². The van der Waals surface area contributed by atoms with Crippen LogP contribution in [0, 0.1) is 13.8 Å². The summed E-state index contributed by atoms with van der Waals surface area (Å²) in [6.07, 6.45) is -0.551. The maximum absolute atomic E-state index is 13.1. The number of thiazole rings is 1. The fraction of sp³-hybridized carbons (Fsp3) is 0.281. The minimum absolute atomic E-state index is 0.166. The summed E-state index contributed by atoms with van der Waals surface area (Å²) in [7, 11) is 0. The molecule has 4 aromatic rings. The molecule has 0 bridgehead atoms. The van der Waals surface area contributed by atoms with Crippen LogP contribution in [-0.4, -0.2) is 34.6 Å². The number of hydrogen-bond acceptors (Lipinski definition) is 7. The molecule has 0 aliphatic carbocycles. The molecule has 7 nitrogen and oxygen atoms in total. The van der Waals surface area contributed by atoms with Gasteiger partial charge in [-0.05, 0) is 74.7 Å². The predicted octanol–water partition coefficient (Wildman–Crippen LogP) is 7.41. The molecule has 40 heavy (non-hydrogen) atoms. The summed E-state index contributed by atoms with van der Waals surface area (Å²) in [4.78, 5) is 32.5. The van der Waals surface area contributed by atoms with Gasteiger partial charge in [0.15, 0.2) is 0 Å². The molecule has 1 aromatic heterocycles. The number of hydrogen-bond donors (Lipinski definition) is 0. The summed E-state index contributed by atoms with van der Waals surface area (Å²) in [5, 5.41) is 0.996. The monoisotopic (exact) mass is 556 g/mol. The van der Waals surface area contributed by atoms with Crippen LogP contribution in [0.5, 0.6) is 11.5 Å². The predicted molar refractivity (Wildman–Crippen MR) is 155 cm³/mol. The molecule has 2 atom stereocenters. The third-order valence-corrected chi connectivity index (χ3v) is 7.99. The van der Waals surface area contributed by atoms with Crippen molar-refractivity contribution in [2.75, 3.05) is 6.61 Å². The molecule has 0 unspecified atom stereocenters. The van der Waals surface area contributed by atoms with Gasteiger partial charge in [-0.25, -0.2) is 9.78 Å². The molecular weight excluding hydrogens is 524 g/mol. The van der Waals surface area contributed by atoms with Gasteiger partial charge in [0.2, 0.25) is 0 Å². The molecule has 0 radical (unpaired) electrons. The van der Waals surface area contributed by atoms with E-state index in [0.29, 0.717) is 24.7 Å². The average Bonchev–Trinajstić information content (AvgIpc) is 3.42. The lowest BCUT2D eigenvalue weighted by atomic mass is 10.0. The molecule has 1 amide bonds. The molecule has 0 spiro atoms. The van der Waals surface area contributed by atoms with Crippen LogP contribution in [0.3, 0.4) is 0 Å². The lowest BCUT2D eigenvalue weighted by Crippen LogP contribution is -2.31. The second kappa shape index (κ2) is 11.9. The number of rotatable bonds is 9. The normalized spacial score (nSPS) is 16.6. The quantitative estimate of drug-likeness (QED) is 0.200. The van der Waals surface area contributed by atoms with Crippen molar-refractivity contribution in [3.8, 4) is 21.9 Å². The Morgan fingerprint density at radius 1 is 1.05 bits per heavy atom. The molecule has 1 saturated heterocycles. The van der Waals surface area contributed by atoms with Crippen molar-refractivity contribution >= 4 is 23.4 Å². The van der Waals surface area contributed by atoms with Crippen LogP contribution in [0.2, 0.25) is 0 Å². The van der Waals surface area contributed by atoms with Crippen molar-refractivity contribution in [2.24, 2.45) is 0 Å². The van der Waals surface area contributed by atoms with Crippen molar-refractivity contribution in [2.45, 2.75) is 52.8 Å². The fourth-order valence-electron chi connectivity index (χ4n) is 4.95. The first-order valence-electron chi connectivity index (χ1n) is 13.3.